The fourth-order valence-electron chi connectivity index (χ4n) is 2.69. The minimum Gasteiger partial charge on any atom is -0.394 e. The van der Waals surface area contributed by atoms with Gasteiger partial charge < -0.3 is 8.85 Å². The smallest absolute Gasteiger partial charge is 0.337 e. The Hall–Kier alpha value is 0.137. The van der Waals surface area contributed by atoms with E-state index in [1.54, 1.807) is 0 Å². The van der Waals surface area contributed by atoms with Crippen LogP contribution in [0.15, 0.2) is 0 Å². The van der Waals surface area contributed by atoms with Crippen LogP contribution in [0.1, 0.15) is 86.5 Å². The van der Waals surface area contributed by atoms with Crippen LogP contribution in [0.25, 0.3) is 0 Å². The van der Waals surface area contributed by atoms with Crippen molar-refractivity contribution in [3.8, 4) is 0 Å². The van der Waals surface area contributed by atoms with Gasteiger partial charge in [0.15, 0.2) is 0 Å². The Labute approximate surface area is 135 Å². The minimum atomic E-state index is -1.95. The maximum absolute atomic E-state index is 6.44. The van der Waals surface area contributed by atoms with Crippen molar-refractivity contribution in [2.75, 3.05) is 6.61 Å². The van der Waals surface area contributed by atoms with Gasteiger partial charge in [-0.2, -0.15) is 0 Å². The summed E-state index contributed by atoms with van der Waals surface area (Å²) in [4.78, 5) is 0. The average Bonchev–Trinajstić information content (AvgIpc) is 2.46. The quantitative estimate of drug-likeness (QED) is 0.277. The molecule has 128 valence electrons. The van der Waals surface area contributed by atoms with Gasteiger partial charge >= 0.3 is 8.56 Å². The van der Waals surface area contributed by atoms with Crippen LogP contribution in [-0.4, -0.2) is 21.3 Å². The second kappa shape index (κ2) is 12.7. The maximum Gasteiger partial charge on any atom is 0.337 e. The first-order chi connectivity index (χ1) is 9.99. The van der Waals surface area contributed by atoms with E-state index >= 15 is 0 Å². The molecule has 0 aromatic carbocycles. The standard InChI is InChI=1S/C18H40O2Si/c1-7-10-11-12-15-18(6)20-21(8-2,9-3)19-16-13-14-17(4)5/h17-18H,7-16H2,1-6H3. The van der Waals surface area contributed by atoms with Crippen molar-refractivity contribution in [3.05, 3.63) is 0 Å². The van der Waals surface area contributed by atoms with E-state index in [9.17, 15) is 0 Å². The predicted octanol–water partition coefficient (Wildman–Crippen LogP) is 6.30. The van der Waals surface area contributed by atoms with E-state index in [-0.39, 0.29) is 0 Å². The molecule has 3 heteroatoms. The van der Waals surface area contributed by atoms with Crippen molar-refractivity contribution in [3.63, 3.8) is 0 Å². The van der Waals surface area contributed by atoms with Gasteiger partial charge in [0.1, 0.15) is 0 Å². The van der Waals surface area contributed by atoms with Gasteiger partial charge in [-0.3, -0.25) is 0 Å². The second-order valence-corrected chi connectivity index (χ2v) is 10.5. The summed E-state index contributed by atoms with van der Waals surface area (Å²) in [6.07, 6.45) is 9.25. The largest absolute Gasteiger partial charge is 0.394 e. The van der Waals surface area contributed by atoms with Crippen LogP contribution in [0.4, 0.5) is 0 Å². The SMILES string of the molecule is CCCCCCC(C)O[Si](CC)(CC)OCCCC(C)C. The topological polar surface area (TPSA) is 18.5 Å². The van der Waals surface area contributed by atoms with Gasteiger partial charge in [-0.1, -0.05) is 60.3 Å². The molecule has 21 heavy (non-hydrogen) atoms. The lowest BCUT2D eigenvalue weighted by atomic mass is 10.1. The summed E-state index contributed by atoms with van der Waals surface area (Å²) in [5.74, 6) is 0.770. The van der Waals surface area contributed by atoms with Crippen LogP contribution in [0.5, 0.6) is 0 Å². The third kappa shape index (κ3) is 10.5. The number of hydrogen-bond acceptors (Lipinski definition) is 2. The Morgan fingerprint density at radius 2 is 1.48 bits per heavy atom. The molecule has 2 nitrogen and oxygen atoms in total. The fraction of sp³-hybridized carbons (Fsp3) is 1.00. The highest BCUT2D eigenvalue weighted by Gasteiger charge is 2.35. The highest BCUT2D eigenvalue weighted by atomic mass is 28.4. The van der Waals surface area contributed by atoms with Crippen LogP contribution in [0, 0.1) is 5.92 Å². The molecule has 0 amide bonds. The Morgan fingerprint density at radius 3 is 2.00 bits per heavy atom. The molecule has 0 saturated carbocycles. The Bertz CT molecular complexity index is 227. The molecule has 0 saturated heterocycles. The van der Waals surface area contributed by atoms with Crippen LogP contribution in [0.3, 0.4) is 0 Å². The van der Waals surface area contributed by atoms with Gasteiger partial charge in [0.05, 0.1) is 0 Å². The molecule has 0 heterocycles. The zero-order valence-corrected chi connectivity index (χ0v) is 16.5. The van der Waals surface area contributed by atoms with Crippen molar-refractivity contribution >= 4 is 8.56 Å². The van der Waals surface area contributed by atoms with E-state index in [2.05, 4.69) is 41.5 Å². The molecular weight excluding hydrogens is 276 g/mol. The highest BCUT2D eigenvalue weighted by molar-refractivity contribution is 6.67. The van der Waals surface area contributed by atoms with Crippen molar-refractivity contribution in [2.24, 2.45) is 5.92 Å². The molecular formula is C18H40O2Si. The molecule has 0 rings (SSSR count). The van der Waals surface area contributed by atoms with E-state index in [0.717, 1.165) is 24.6 Å². The molecule has 0 aliphatic rings. The van der Waals surface area contributed by atoms with Gasteiger partial charge in [0, 0.05) is 12.7 Å². The molecule has 0 aliphatic heterocycles. The first kappa shape index (κ1) is 21.1. The first-order valence-electron chi connectivity index (χ1n) is 9.31. The van der Waals surface area contributed by atoms with E-state index in [0.29, 0.717) is 6.10 Å². The Morgan fingerprint density at radius 1 is 0.810 bits per heavy atom. The van der Waals surface area contributed by atoms with Crippen molar-refractivity contribution in [1.29, 1.82) is 0 Å². The third-order valence-electron chi connectivity index (χ3n) is 4.25. The molecule has 0 N–H and O–H groups in total. The van der Waals surface area contributed by atoms with E-state index < -0.39 is 8.56 Å². The lowest BCUT2D eigenvalue weighted by Crippen LogP contribution is -2.43. The van der Waals surface area contributed by atoms with Gasteiger partial charge in [-0.15, -0.1) is 0 Å². The fourth-order valence-corrected chi connectivity index (χ4v) is 5.37. The summed E-state index contributed by atoms with van der Waals surface area (Å²) in [7, 11) is -1.95. The zero-order valence-electron chi connectivity index (χ0n) is 15.5. The zero-order chi connectivity index (χ0) is 16.1. The number of rotatable bonds is 14. The highest BCUT2D eigenvalue weighted by Crippen LogP contribution is 2.23. The molecule has 1 atom stereocenters. The molecule has 0 aromatic rings. The second-order valence-electron chi connectivity index (χ2n) is 6.78. The van der Waals surface area contributed by atoms with Crippen LogP contribution >= 0.6 is 0 Å². The summed E-state index contributed by atoms with van der Waals surface area (Å²) in [6, 6.07) is 2.15. The van der Waals surface area contributed by atoms with Gasteiger partial charge in [-0.25, -0.2) is 0 Å². The van der Waals surface area contributed by atoms with Gasteiger partial charge in [0.2, 0.25) is 0 Å². The summed E-state index contributed by atoms with van der Waals surface area (Å²) in [5.41, 5.74) is 0. The maximum atomic E-state index is 6.44. The molecule has 0 radical (unpaired) electrons. The van der Waals surface area contributed by atoms with Gasteiger partial charge in [-0.05, 0) is 44.2 Å². The van der Waals surface area contributed by atoms with Crippen molar-refractivity contribution in [2.45, 2.75) is 105 Å². The van der Waals surface area contributed by atoms with E-state index in [1.807, 2.05) is 0 Å². The normalized spacial score (nSPS) is 13.9. The summed E-state index contributed by atoms with van der Waals surface area (Å²) < 4.78 is 12.7. The van der Waals surface area contributed by atoms with E-state index in [1.165, 1.54) is 44.9 Å². The summed E-state index contributed by atoms with van der Waals surface area (Å²) in [5, 5.41) is 0. The monoisotopic (exact) mass is 316 g/mol. The minimum absolute atomic E-state index is 0.360. The van der Waals surface area contributed by atoms with E-state index in [4.69, 9.17) is 8.85 Å². The van der Waals surface area contributed by atoms with Crippen LogP contribution < -0.4 is 0 Å². The van der Waals surface area contributed by atoms with Gasteiger partial charge in [0.25, 0.3) is 0 Å². The van der Waals surface area contributed by atoms with Crippen LogP contribution in [0.2, 0.25) is 12.1 Å². The first-order valence-corrected chi connectivity index (χ1v) is 11.5. The lowest BCUT2D eigenvalue weighted by molar-refractivity contribution is 0.113. The predicted molar refractivity (Wildman–Crippen MR) is 96.0 cm³/mol. The lowest BCUT2D eigenvalue weighted by Gasteiger charge is -2.32. The molecule has 1 unspecified atom stereocenters. The summed E-state index contributed by atoms with van der Waals surface area (Å²) in [6.45, 7) is 14.4. The molecule has 0 fully saturated rings. The molecule has 0 bridgehead atoms. The van der Waals surface area contributed by atoms with Crippen molar-refractivity contribution < 1.29 is 8.85 Å². The average molecular weight is 317 g/mol. The summed E-state index contributed by atoms with van der Waals surface area (Å²) >= 11 is 0. The number of hydrogen-bond donors (Lipinski definition) is 0. The molecule has 0 aromatic heterocycles. The molecule has 0 spiro atoms. The number of unbranched alkanes of at least 4 members (excludes halogenated alkanes) is 3. The third-order valence-corrected chi connectivity index (χ3v) is 7.97. The van der Waals surface area contributed by atoms with Crippen LogP contribution in [-0.2, 0) is 8.85 Å². The Balaban J connectivity index is 4.11. The van der Waals surface area contributed by atoms with Crippen molar-refractivity contribution in [1.82, 2.24) is 0 Å². The molecule has 0 aliphatic carbocycles. The Kier molecular flexibility index (Phi) is 12.7.